The number of carbonyl (C=O) groups is 3. The molecule has 2 atom stereocenters. The maximum atomic E-state index is 13.8. The van der Waals surface area contributed by atoms with Crippen molar-refractivity contribution < 1.29 is 23.5 Å². The first-order valence-corrected chi connectivity index (χ1v) is 16.6. The Hall–Kier alpha value is -2.15. The van der Waals surface area contributed by atoms with E-state index in [1.165, 1.54) is 6.42 Å². The predicted octanol–water partition coefficient (Wildman–Crippen LogP) is 8.14. The standard InChI is InChI=1S/C32H53NO5Si/c1-23(28(35)37-30(2,3)4)21-27(34)26(22-24-17-13-11-14-18-24)33-29(36)38-39(31(5,6)7,32(8,9)10)25-19-15-12-16-20-25/h11,13-14,17-18,23,25-26H,12,15-16,19-22H2,1-10H3,(H,33,36)/t23-,26+/m1/s1. The Bertz CT molecular complexity index is 951. The van der Waals surface area contributed by atoms with Gasteiger partial charge in [-0.1, -0.05) is 98.1 Å². The molecular weight excluding hydrogens is 506 g/mol. The molecule has 1 aliphatic carbocycles. The molecule has 1 saturated carbocycles. The summed E-state index contributed by atoms with van der Waals surface area (Å²) in [7, 11) is -2.73. The first-order chi connectivity index (χ1) is 17.9. The van der Waals surface area contributed by atoms with Crippen molar-refractivity contribution in [2.45, 2.75) is 141 Å². The molecule has 1 N–H and O–H groups in total. The molecule has 220 valence electrons. The minimum atomic E-state index is -2.73. The van der Waals surface area contributed by atoms with Crippen LogP contribution in [0.4, 0.5) is 4.79 Å². The fourth-order valence-corrected chi connectivity index (χ4v) is 13.6. The molecule has 0 spiro atoms. The van der Waals surface area contributed by atoms with Gasteiger partial charge in [-0.15, -0.1) is 0 Å². The summed E-state index contributed by atoms with van der Waals surface area (Å²) < 4.78 is 12.2. The fourth-order valence-electron chi connectivity index (χ4n) is 6.59. The molecule has 0 aliphatic heterocycles. The zero-order chi connectivity index (χ0) is 29.6. The van der Waals surface area contributed by atoms with Crippen molar-refractivity contribution in [3.63, 3.8) is 0 Å². The second kappa shape index (κ2) is 13.0. The summed E-state index contributed by atoms with van der Waals surface area (Å²) in [5, 5.41) is 2.60. The lowest BCUT2D eigenvalue weighted by Gasteiger charge is -2.54. The molecule has 2 rings (SSSR count). The van der Waals surface area contributed by atoms with E-state index in [4.69, 9.17) is 9.16 Å². The number of Topliss-reactive ketones (excluding diaryl/α,β-unsaturated/α-hetero) is 1. The number of hydrogen-bond donors (Lipinski definition) is 1. The molecule has 1 aromatic rings. The number of rotatable bonds is 9. The van der Waals surface area contributed by atoms with E-state index in [-0.39, 0.29) is 22.3 Å². The monoisotopic (exact) mass is 559 g/mol. The van der Waals surface area contributed by atoms with Crippen LogP contribution in [0.3, 0.4) is 0 Å². The van der Waals surface area contributed by atoms with Crippen LogP contribution < -0.4 is 5.32 Å². The number of benzene rings is 1. The van der Waals surface area contributed by atoms with Gasteiger partial charge in [0.05, 0.1) is 12.0 Å². The van der Waals surface area contributed by atoms with Crippen LogP contribution in [-0.2, 0) is 25.2 Å². The third kappa shape index (κ3) is 8.92. The average molecular weight is 560 g/mol. The van der Waals surface area contributed by atoms with Crippen molar-refractivity contribution in [2.75, 3.05) is 0 Å². The zero-order valence-corrected chi connectivity index (χ0v) is 27.1. The largest absolute Gasteiger partial charge is 0.502 e. The van der Waals surface area contributed by atoms with Gasteiger partial charge in [0.2, 0.25) is 0 Å². The molecule has 39 heavy (non-hydrogen) atoms. The van der Waals surface area contributed by atoms with Gasteiger partial charge in [0.15, 0.2) is 5.78 Å². The third-order valence-electron chi connectivity index (χ3n) is 7.94. The molecule has 0 saturated heterocycles. The summed E-state index contributed by atoms with van der Waals surface area (Å²) in [6.07, 6.45) is 5.50. The molecule has 6 nitrogen and oxygen atoms in total. The highest BCUT2D eigenvalue weighted by Gasteiger charge is 2.62. The summed E-state index contributed by atoms with van der Waals surface area (Å²) in [4.78, 5) is 39.9. The molecule has 0 heterocycles. The molecule has 0 radical (unpaired) electrons. The quantitative estimate of drug-likeness (QED) is 0.244. The minimum absolute atomic E-state index is 0.0174. The van der Waals surface area contributed by atoms with Gasteiger partial charge >= 0.3 is 12.1 Å². The molecule has 1 aromatic carbocycles. The van der Waals surface area contributed by atoms with E-state index in [2.05, 4.69) is 46.9 Å². The second-order valence-electron chi connectivity index (χ2n) is 14.5. The topological polar surface area (TPSA) is 81.7 Å². The van der Waals surface area contributed by atoms with Gasteiger partial charge < -0.3 is 14.5 Å². The van der Waals surface area contributed by atoms with Gasteiger partial charge in [-0.25, -0.2) is 4.79 Å². The highest BCUT2D eigenvalue weighted by atomic mass is 28.4. The van der Waals surface area contributed by atoms with Crippen LogP contribution in [0.2, 0.25) is 15.6 Å². The van der Waals surface area contributed by atoms with Crippen molar-refractivity contribution in [3.05, 3.63) is 35.9 Å². The summed E-state index contributed by atoms with van der Waals surface area (Å²) in [6, 6.07) is 8.83. The maximum Gasteiger partial charge on any atom is 0.394 e. The Kier molecular flexibility index (Phi) is 11.0. The smallest absolute Gasteiger partial charge is 0.394 e. The van der Waals surface area contributed by atoms with Crippen molar-refractivity contribution in [3.8, 4) is 0 Å². The first-order valence-electron chi connectivity index (χ1n) is 14.7. The van der Waals surface area contributed by atoms with Crippen LogP contribution >= 0.6 is 0 Å². The average Bonchev–Trinajstić information content (AvgIpc) is 2.80. The lowest BCUT2D eigenvalue weighted by atomic mass is 9.95. The van der Waals surface area contributed by atoms with E-state index in [0.29, 0.717) is 12.0 Å². The molecule has 1 amide bonds. The van der Waals surface area contributed by atoms with Crippen LogP contribution in [0.15, 0.2) is 30.3 Å². The van der Waals surface area contributed by atoms with Crippen molar-refractivity contribution in [1.82, 2.24) is 5.32 Å². The van der Waals surface area contributed by atoms with Crippen LogP contribution in [0, 0.1) is 5.92 Å². The van der Waals surface area contributed by atoms with Gasteiger partial charge in [-0.05, 0) is 61.2 Å². The number of nitrogens with one attached hydrogen (secondary N) is 1. The second-order valence-corrected chi connectivity index (χ2v) is 19.9. The number of hydrogen-bond acceptors (Lipinski definition) is 5. The Morgan fingerprint density at radius 3 is 1.92 bits per heavy atom. The fraction of sp³-hybridized carbons (Fsp3) is 0.719. The zero-order valence-electron chi connectivity index (χ0n) is 26.1. The molecule has 0 aromatic heterocycles. The van der Waals surface area contributed by atoms with Crippen molar-refractivity contribution >= 4 is 26.2 Å². The highest BCUT2D eigenvalue weighted by molar-refractivity contribution is 6.82. The number of carbonyl (C=O) groups excluding carboxylic acids is 3. The van der Waals surface area contributed by atoms with Crippen molar-refractivity contribution in [2.24, 2.45) is 5.92 Å². The molecule has 1 fully saturated rings. The molecule has 1 aliphatic rings. The van der Waals surface area contributed by atoms with E-state index in [9.17, 15) is 14.4 Å². The van der Waals surface area contributed by atoms with Gasteiger partial charge in [0, 0.05) is 6.42 Å². The Morgan fingerprint density at radius 2 is 1.44 bits per heavy atom. The van der Waals surface area contributed by atoms with Gasteiger partial charge in [-0.3, -0.25) is 9.59 Å². The SMILES string of the molecule is C[C@H](CC(=O)[C@H](Cc1ccccc1)NC(=O)O[Si](C1CCCCC1)(C(C)(C)C)C(C)(C)C)C(=O)OC(C)(C)C. The lowest BCUT2D eigenvalue weighted by molar-refractivity contribution is -0.160. The normalized spacial score (nSPS) is 17.2. The van der Waals surface area contributed by atoms with E-state index in [0.717, 1.165) is 31.2 Å². The van der Waals surface area contributed by atoms with E-state index in [1.54, 1.807) is 6.92 Å². The maximum absolute atomic E-state index is 13.8. The van der Waals surface area contributed by atoms with E-state index in [1.807, 2.05) is 51.1 Å². The Balaban J connectivity index is 2.33. The Morgan fingerprint density at radius 1 is 0.897 bits per heavy atom. The van der Waals surface area contributed by atoms with Gasteiger partial charge in [-0.2, -0.15) is 0 Å². The van der Waals surface area contributed by atoms with Crippen LogP contribution in [0.1, 0.15) is 113 Å². The number of amides is 1. The Labute approximate surface area is 238 Å². The molecular formula is C32H53NO5Si. The number of ketones is 1. The summed E-state index contributed by atoms with van der Waals surface area (Å²) in [6.45, 7) is 20.4. The molecule has 0 unspecified atom stereocenters. The highest BCUT2D eigenvalue weighted by Crippen LogP contribution is 2.60. The predicted molar refractivity (Wildman–Crippen MR) is 160 cm³/mol. The van der Waals surface area contributed by atoms with Crippen LogP contribution in [-0.4, -0.2) is 37.8 Å². The first kappa shape index (κ1) is 33.1. The lowest BCUT2D eigenvalue weighted by Crippen LogP contribution is -2.61. The van der Waals surface area contributed by atoms with E-state index >= 15 is 0 Å². The number of esters is 1. The van der Waals surface area contributed by atoms with Crippen molar-refractivity contribution in [1.29, 1.82) is 0 Å². The third-order valence-corrected chi connectivity index (χ3v) is 14.6. The minimum Gasteiger partial charge on any atom is -0.502 e. The summed E-state index contributed by atoms with van der Waals surface area (Å²) in [5.74, 6) is -1.24. The molecule has 7 heteroatoms. The summed E-state index contributed by atoms with van der Waals surface area (Å²) in [5.41, 5.74) is 0.670. The summed E-state index contributed by atoms with van der Waals surface area (Å²) >= 11 is 0. The van der Waals surface area contributed by atoms with Gasteiger partial charge in [0.25, 0.3) is 8.32 Å². The van der Waals surface area contributed by atoms with Crippen LogP contribution in [0.5, 0.6) is 0 Å². The molecule has 0 bridgehead atoms. The number of ether oxygens (including phenoxy) is 1. The van der Waals surface area contributed by atoms with Crippen LogP contribution in [0.25, 0.3) is 0 Å². The van der Waals surface area contributed by atoms with E-state index < -0.39 is 37.9 Å². The van der Waals surface area contributed by atoms with Gasteiger partial charge in [0.1, 0.15) is 5.60 Å².